The van der Waals surface area contributed by atoms with E-state index < -0.39 is 18.4 Å². The first-order valence-electron chi connectivity index (χ1n) is 4.24. The van der Waals surface area contributed by atoms with Gasteiger partial charge in [0.2, 0.25) is 0 Å². The summed E-state index contributed by atoms with van der Waals surface area (Å²) in [6, 6.07) is 0. The van der Waals surface area contributed by atoms with E-state index in [2.05, 4.69) is 0 Å². The highest BCUT2D eigenvalue weighted by atomic mass is 16.4. The van der Waals surface area contributed by atoms with E-state index in [1.807, 2.05) is 0 Å². The number of carboxylic acid groups (broad SMARTS) is 2. The van der Waals surface area contributed by atoms with Gasteiger partial charge in [0, 0.05) is 6.42 Å². The quantitative estimate of drug-likeness (QED) is 0.650. The van der Waals surface area contributed by atoms with Gasteiger partial charge in [-0.1, -0.05) is 6.92 Å². The van der Waals surface area contributed by atoms with Crippen molar-refractivity contribution in [2.75, 3.05) is 0 Å². The molecule has 0 aromatic heterocycles. The van der Waals surface area contributed by atoms with Crippen molar-refractivity contribution in [3.05, 3.63) is 0 Å². The van der Waals surface area contributed by atoms with Crippen molar-refractivity contribution in [3.8, 4) is 0 Å². The molecular weight excluding hydrogens is 204 g/mol. The molecule has 0 spiro atoms. The van der Waals surface area contributed by atoms with Gasteiger partial charge in [-0.05, 0) is 6.92 Å². The molecule has 2 N–H and O–H groups in total. The normalized spacial score (nSPS) is 8.40. The van der Waals surface area contributed by atoms with Gasteiger partial charge in [-0.25, -0.2) is 0 Å². The van der Waals surface area contributed by atoms with Crippen LogP contribution >= 0.6 is 0 Å². The molecule has 0 aromatic carbocycles. The van der Waals surface area contributed by atoms with Crippen LogP contribution in [0.3, 0.4) is 0 Å². The zero-order chi connectivity index (χ0) is 12.4. The number of carbonyl (C=O) groups excluding carboxylic acids is 2. The summed E-state index contributed by atoms with van der Waals surface area (Å²) in [5.74, 6) is -2.64. The number of carbonyl (C=O) groups is 4. The fraction of sp³-hybridized carbons (Fsp3) is 0.556. The molecule has 0 aliphatic heterocycles. The molecule has 0 aromatic rings. The van der Waals surface area contributed by atoms with Gasteiger partial charge in [-0.3, -0.25) is 19.2 Å². The summed E-state index contributed by atoms with van der Waals surface area (Å²) in [7, 11) is 0. The molecule has 0 bridgehead atoms. The van der Waals surface area contributed by atoms with Gasteiger partial charge in [0.05, 0.1) is 6.42 Å². The highest BCUT2D eigenvalue weighted by molar-refractivity contribution is 5.97. The van der Waals surface area contributed by atoms with Crippen LogP contribution in [0.4, 0.5) is 0 Å². The fourth-order valence-electron chi connectivity index (χ4n) is 0.532. The Morgan fingerprint density at radius 2 is 1.33 bits per heavy atom. The van der Waals surface area contributed by atoms with Crippen LogP contribution in [0.1, 0.15) is 33.1 Å². The second-order valence-electron chi connectivity index (χ2n) is 2.74. The number of carboxylic acids is 2. The first-order valence-corrected chi connectivity index (χ1v) is 4.24. The third kappa shape index (κ3) is 18.9. The first kappa shape index (κ1) is 15.7. The number of aliphatic carboxylic acids is 2. The predicted molar refractivity (Wildman–Crippen MR) is 50.5 cm³/mol. The third-order valence-electron chi connectivity index (χ3n) is 1.14. The molecule has 0 unspecified atom stereocenters. The van der Waals surface area contributed by atoms with Crippen LogP contribution in [0.15, 0.2) is 0 Å². The van der Waals surface area contributed by atoms with Crippen LogP contribution in [-0.2, 0) is 19.2 Å². The lowest BCUT2D eigenvalue weighted by molar-refractivity contribution is -0.147. The topological polar surface area (TPSA) is 109 Å². The van der Waals surface area contributed by atoms with Crippen LogP contribution in [0, 0.1) is 0 Å². The van der Waals surface area contributed by atoms with Crippen LogP contribution < -0.4 is 0 Å². The van der Waals surface area contributed by atoms with Gasteiger partial charge in [0.25, 0.3) is 0 Å². The van der Waals surface area contributed by atoms with Crippen molar-refractivity contribution < 1.29 is 29.4 Å². The molecule has 0 fully saturated rings. The lowest BCUT2D eigenvalue weighted by Gasteiger charge is -1.87. The van der Waals surface area contributed by atoms with Crippen LogP contribution in [0.2, 0.25) is 0 Å². The number of hydrogen-bond acceptors (Lipinski definition) is 4. The standard InChI is InChI=1S/C6H10O2.C3H4O4/c1-3-6(8)4-5(2)7;4-2(5)1-3(6)7/h3-4H2,1-2H3;1H2,(H,4,5)(H,6,7). The van der Waals surface area contributed by atoms with E-state index in [-0.39, 0.29) is 18.0 Å². The smallest absolute Gasteiger partial charge is 0.314 e. The van der Waals surface area contributed by atoms with Crippen molar-refractivity contribution in [2.45, 2.75) is 33.1 Å². The predicted octanol–water partition coefficient (Wildman–Crippen LogP) is 0.490. The van der Waals surface area contributed by atoms with Gasteiger partial charge in [-0.2, -0.15) is 0 Å². The molecule has 0 aliphatic rings. The molecule has 0 saturated heterocycles. The molecule has 0 heterocycles. The number of rotatable bonds is 5. The molecular formula is C9H14O6. The molecule has 0 radical (unpaired) electrons. The Morgan fingerprint density at radius 1 is 0.933 bits per heavy atom. The second-order valence-corrected chi connectivity index (χ2v) is 2.74. The molecule has 6 nitrogen and oxygen atoms in total. The SMILES string of the molecule is CCC(=O)CC(C)=O.O=C(O)CC(=O)O. The van der Waals surface area contributed by atoms with E-state index in [1.54, 1.807) is 6.92 Å². The molecule has 86 valence electrons. The van der Waals surface area contributed by atoms with E-state index in [0.717, 1.165) is 0 Å². The minimum atomic E-state index is -1.31. The summed E-state index contributed by atoms with van der Waals surface area (Å²) < 4.78 is 0. The molecule has 0 rings (SSSR count). The minimum Gasteiger partial charge on any atom is -0.481 e. The Hall–Kier alpha value is -1.72. The van der Waals surface area contributed by atoms with Crippen LogP contribution in [0.5, 0.6) is 0 Å². The van der Waals surface area contributed by atoms with Crippen LogP contribution in [0.25, 0.3) is 0 Å². The molecule has 15 heavy (non-hydrogen) atoms. The average molecular weight is 218 g/mol. The third-order valence-corrected chi connectivity index (χ3v) is 1.14. The first-order chi connectivity index (χ1) is 6.79. The van der Waals surface area contributed by atoms with E-state index in [9.17, 15) is 19.2 Å². The van der Waals surface area contributed by atoms with E-state index in [1.165, 1.54) is 6.92 Å². The number of Topliss-reactive ketones (excluding diaryl/α,β-unsaturated/α-hetero) is 2. The zero-order valence-electron chi connectivity index (χ0n) is 8.65. The van der Waals surface area contributed by atoms with E-state index >= 15 is 0 Å². The van der Waals surface area contributed by atoms with Crippen molar-refractivity contribution in [1.29, 1.82) is 0 Å². The van der Waals surface area contributed by atoms with Gasteiger partial charge in [0.15, 0.2) is 0 Å². The molecule has 0 saturated carbocycles. The van der Waals surface area contributed by atoms with E-state index in [4.69, 9.17) is 10.2 Å². The minimum absolute atomic E-state index is 0.0255. The average Bonchev–Trinajstić information content (AvgIpc) is 2.01. The van der Waals surface area contributed by atoms with Crippen molar-refractivity contribution >= 4 is 23.5 Å². The van der Waals surface area contributed by atoms with Gasteiger partial charge < -0.3 is 10.2 Å². The highest BCUT2D eigenvalue weighted by Gasteiger charge is 2.01. The van der Waals surface area contributed by atoms with Gasteiger partial charge in [0.1, 0.15) is 18.0 Å². The molecule has 0 aliphatic carbocycles. The number of hydrogen-bond donors (Lipinski definition) is 2. The van der Waals surface area contributed by atoms with Gasteiger partial charge in [-0.15, -0.1) is 0 Å². The molecule has 0 amide bonds. The zero-order valence-corrected chi connectivity index (χ0v) is 8.65. The monoisotopic (exact) mass is 218 g/mol. The molecule has 6 heteroatoms. The maximum Gasteiger partial charge on any atom is 0.314 e. The lowest BCUT2D eigenvalue weighted by Crippen LogP contribution is -2.03. The summed E-state index contributed by atoms with van der Waals surface area (Å²) in [4.78, 5) is 39.5. The van der Waals surface area contributed by atoms with Gasteiger partial charge >= 0.3 is 11.9 Å². The Labute approximate surface area is 86.9 Å². The molecule has 0 atom stereocenters. The van der Waals surface area contributed by atoms with Crippen molar-refractivity contribution in [1.82, 2.24) is 0 Å². The fourth-order valence-corrected chi connectivity index (χ4v) is 0.532. The van der Waals surface area contributed by atoms with Crippen molar-refractivity contribution in [2.24, 2.45) is 0 Å². The summed E-state index contributed by atoms with van der Waals surface area (Å²) in [5.41, 5.74) is 0. The Bertz CT molecular complexity index is 243. The Kier molecular flexibility index (Phi) is 9.30. The van der Waals surface area contributed by atoms with Crippen LogP contribution in [-0.4, -0.2) is 33.7 Å². The highest BCUT2D eigenvalue weighted by Crippen LogP contribution is 1.87. The van der Waals surface area contributed by atoms with E-state index in [0.29, 0.717) is 6.42 Å². The lowest BCUT2D eigenvalue weighted by atomic mass is 10.2. The largest absolute Gasteiger partial charge is 0.481 e. The second kappa shape index (κ2) is 8.86. The maximum absolute atomic E-state index is 10.4. The van der Waals surface area contributed by atoms with Crippen molar-refractivity contribution in [3.63, 3.8) is 0 Å². The maximum atomic E-state index is 10.4. The summed E-state index contributed by atoms with van der Waals surface area (Å²) in [6.07, 6.45) is -0.226. The summed E-state index contributed by atoms with van der Waals surface area (Å²) >= 11 is 0. The number of ketones is 2. The summed E-state index contributed by atoms with van der Waals surface area (Å²) in [6.45, 7) is 3.18. The Balaban J connectivity index is 0. The summed E-state index contributed by atoms with van der Waals surface area (Å²) in [5, 5.41) is 15.4. The Morgan fingerprint density at radius 3 is 1.40 bits per heavy atom.